The molecule has 7 heteroatoms. The molecule has 0 radical (unpaired) electrons. The summed E-state index contributed by atoms with van der Waals surface area (Å²) in [6, 6.07) is 6.08. The fraction of sp³-hybridized carbons (Fsp3) is 0.417. The van der Waals surface area contributed by atoms with Gasteiger partial charge < -0.3 is 14.9 Å². The maximum Gasteiger partial charge on any atom is 0.337 e. The van der Waals surface area contributed by atoms with Crippen LogP contribution in [0.1, 0.15) is 28.4 Å². The van der Waals surface area contributed by atoms with Gasteiger partial charge in [-0.2, -0.15) is 0 Å². The first-order valence-electron chi connectivity index (χ1n) is 5.65. The minimum absolute atomic E-state index is 0.106. The van der Waals surface area contributed by atoms with Gasteiger partial charge in [-0.25, -0.2) is 4.79 Å². The zero-order chi connectivity index (χ0) is 14.3. The first-order chi connectivity index (χ1) is 9.10. The number of carbonyl (C=O) groups excluding carboxylic acids is 1. The van der Waals surface area contributed by atoms with E-state index in [1.807, 2.05) is 0 Å². The van der Waals surface area contributed by atoms with Gasteiger partial charge in [0.1, 0.15) is 6.10 Å². The molecule has 0 fully saturated rings. The first kappa shape index (κ1) is 15.0. The molecule has 1 rings (SSSR count). The fourth-order valence-electron chi connectivity index (χ4n) is 1.55. The number of benzene rings is 1. The normalized spacial score (nSPS) is 13.2. The molecular formula is C12H15N3O4. The van der Waals surface area contributed by atoms with Gasteiger partial charge in [0.2, 0.25) is 0 Å². The Morgan fingerprint density at radius 1 is 1.42 bits per heavy atom. The molecule has 0 spiro atoms. The van der Waals surface area contributed by atoms with E-state index in [4.69, 9.17) is 5.53 Å². The number of nitrogens with zero attached hydrogens (tertiary/aromatic N) is 3. The Balaban J connectivity index is 2.68. The topological polar surface area (TPSA) is 116 Å². The number of rotatable bonds is 6. The molecule has 2 atom stereocenters. The van der Waals surface area contributed by atoms with Crippen LogP contribution in [-0.2, 0) is 4.74 Å². The maximum atomic E-state index is 11.2. The fourth-order valence-corrected chi connectivity index (χ4v) is 1.55. The molecule has 0 heterocycles. The molecule has 0 aromatic heterocycles. The van der Waals surface area contributed by atoms with E-state index in [0.717, 1.165) is 0 Å². The third-order valence-electron chi connectivity index (χ3n) is 2.63. The summed E-state index contributed by atoms with van der Waals surface area (Å²) in [7, 11) is 1.28. The molecular weight excluding hydrogens is 250 g/mol. The first-order valence-corrected chi connectivity index (χ1v) is 5.65. The van der Waals surface area contributed by atoms with Gasteiger partial charge in [-0.1, -0.05) is 17.2 Å². The number of esters is 1. The van der Waals surface area contributed by atoms with E-state index < -0.39 is 18.2 Å². The molecule has 0 saturated heterocycles. The second kappa shape index (κ2) is 7.38. The lowest BCUT2D eigenvalue weighted by atomic mass is 10.0. The molecule has 0 aliphatic rings. The summed E-state index contributed by atoms with van der Waals surface area (Å²) >= 11 is 0. The highest BCUT2D eigenvalue weighted by molar-refractivity contribution is 5.89. The van der Waals surface area contributed by atoms with Crippen LogP contribution in [0.2, 0.25) is 0 Å². The van der Waals surface area contributed by atoms with Crippen LogP contribution in [0.15, 0.2) is 29.4 Å². The van der Waals surface area contributed by atoms with Gasteiger partial charge >= 0.3 is 5.97 Å². The number of hydrogen-bond acceptors (Lipinski definition) is 5. The summed E-state index contributed by atoms with van der Waals surface area (Å²) in [5.74, 6) is -0.468. The third kappa shape index (κ3) is 4.26. The largest absolute Gasteiger partial charge is 0.465 e. The molecule has 19 heavy (non-hydrogen) atoms. The molecule has 0 saturated carbocycles. The summed E-state index contributed by atoms with van der Waals surface area (Å²) in [6.07, 6.45) is -1.97. The molecule has 0 bridgehead atoms. The Morgan fingerprint density at radius 3 is 2.58 bits per heavy atom. The van der Waals surface area contributed by atoms with Crippen LogP contribution in [0.4, 0.5) is 0 Å². The van der Waals surface area contributed by atoms with Crippen molar-refractivity contribution in [3.8, 4) is 0 Å². The van der Waals surface area contributed by atoms with Gasteiger partial charge in [-0.3, -0.25) is 0 Å². The van der Waals surface area contributed by atoms with Crippen LogP contribution < -0.4 is 0 Å². The average Bonchev–Trinajstić information content (AvgIpc) is 2.46. The number of methoxy groups -OCH3 is 1. The Morgan fingerprint density at radius 2 is 2.05 bits per heavy atom. The summed E-state index contributed by atoms with van der Waals surface area (Å²) in [4.78, 5) is 13.8. The monoisotopic (exact) mass is 265 g/mol. The zero-order valence-corrected chi connectivity index (χ0v) is 10.4. The van der Waals surface area contributed by atoms with Gasteiger partial charge in [0, 0.05) is 11.5 Å². The van der Waals surface area contributed by atoms with E-state index in [1.54, 1.807) is 0 Å². The Bertz CT molecular complexity index is 468. The number of azide groups is 1. The third-order valence-corrected chi connectivity index (χ3v) is 2.63. The van der Waals surface area contributed by atoms with E-state index in [1.165, 1.54) is 31.4 Å². The van der Waals surface area contributed by atoms with Gasteiger partial charge in [0.25, 0.3) is 0 Å². The highest BCUT2D eigenvalue weighted by Crippen LogP contribution is 2.19. The molecule has 7 nitrogen and oxygen atoms in total. The van der Waals surface area contributed by atoms with Crippen LogP contribution in [0.3, 0.4) is 0 Å². The van der Waals surface area contributed by atoms with Crippen molar-refractivity contribution in [1.29, 1.82) is 0 Å². The smallest absolute Gasteiger partial charge is 0.337 e. The minimum Gasteiger partial charge on any atom is -0.465 e. The maximum absolute atomic E-state index is 11.2. The molecule has 2 unspecified atom stereocenters. The van der Waals surface area contributed by atoms with Gasteiger partial charge in [-0.15, -0.1) is 0 Å². The van der Waals surface area contributed by atoms with Crippen molar-refractivity contribution in [3.63, 3.8) is 0 Å². The molecule has 2 N–H and O–H groups in total. The summed E-state index contributed by atoms with van der Waals surface area (Å²) in [5, 5.41) is 22.9. The van der Waals surface area contributed by atoms with Crippen LogP contribution in [0.5, 0.6) is 0 Å². The van der Waals surface area contributed by atoms with E-state index in [2.05, 4.69) is 14.8 Å². The molecule has 1 aromatic carbocycles. The molecule has 0 aliphatic carbocycles. The number of ether oxygens (including phenoxy) is 1. The minimum atomic E-state index is -1.10. The van der Waals surface area contributed by atoms with Crippen LogP contribution in [-0.4, -0.2) is 35.9 Å². The van der Waals surface area contributed by atoms with Crippen molar-refractivity contribution >= 4 is 5.97 Å². The predicted molar refractivity (Wildman–Crippen MR) is 67.4 cm³/mol. The lowest BCUT2D eigenvalue weighted by Gasteiger charge is -2.17. The Kier molecular flexibility index (Phi) is 5.81. The lowest BCUT2D eigenvalue weighted by Crippen LogP contribution is -2.19. The van der Waals surface area contributed by atoms with Gasteiger partial charge in [0.15, 0.2) is 0 Å². The summed E-state index contributed by atoms with van der Waals surface area (Å²) in [6.45, 7) is 0.106. The number of aliphatic hydroxyl groups excluding tert-OH is 2. The number of hydrogen-bond donors (Lipinski definition) is 2. The lowest BCUT2D eigenvalue weighted by molar-refractivity contribution is 0.0150. The van der Waals surface area contributed by atoms with E-state index in [0.29, 0.717) is 11.1 Å². The average molecular weight is 265 g/mol. The highest BCUT2D eigenvalue weighted by Gasteiger charge is 2.18. The molecule has 1 aromatic rings. The van der Waals surface area contributed by atoms with Crippen molar-refractivity contribution in [2.75, 3.05) is 13.7 Å². The quantitative estimate of drug-likeness (QED) is 0.351. The Labute approximate surface area is 110 Å². The van der Waals surface area contributed by atoms with Crippen molar-refractivity contribution in [3.05, 3.63) is 45.8 Å². The SMILES string of the molecule is COC(=O)c1ccc(C(O)C(O)CCN=[N+]=[N-])cc1. The predicted octanol–water partition coefficient (Wildman–Crippen LogP) is 1.57. The zero-order valence-electron chi connectivity index (χ0n) is 10.4. The molecule has 0 aliphatic heterocycles. The van der Waals surface area contributed by atoms with Crippen molar-refractivity contribution in [2.45, 2.75) is 18.6 Å². The Hall–Kier alpha value is -2.08. The second-order valence-electron chi connectivity index (χ2n) is 3.87. The highest BCUT2D eigenvalue weighted by atomic mass is 16.5. The van der Waals surface area contributed by atoms with Gasteiger partial charge in [0.05, 0.1) is 18.8 Å². The summed E-state index contributed by atoms with van der Waals surface area (Å²) < 4.78 is 4.55. The van der Waals surface area contributed by atoms with Crippen molar-refractivity contribution < 1.29 is 19.7 Å². The number of carbonyl (C=O) groups is 1. The van der Waals surface area contributed by atoms with Gasteiger partial charge in [-0.05, 0) is 29.6 Å². The molecule has 0 amide bonds. The second-order valence-corrected chi connectivity index (χ2v) is 3.87. The number of aliphatic hydroxyl groups is 2. The van der Waals surface area contributed by atoms with Crippen molar-refractivity contribution in [1.82, 2.24) is 0 Å². The van der Waals surface area contributed by atoms with Crippen LogP contribution >= 0.6 is 0 Å². The van der Waals surface area contributed by atoms with Crippen molar-refractivity contribution in [2.24, 2.45) is 5.11 Å². The van der Waals surface area contributed by atoms with Crippen LogP contribution in [0, 0.1) is 0 Å². The van der Waals surface area contributed by atoms with Crippen LogP contribution in [0.25, 0.3) is 10.4 Å². The van der Waals surface area contributed by atoms with E-state index in [-0.39, 0.29) is 13.0 Å². The van der Waals surface area contributed by atoms with E-state index >= 15 is 0 Å². The standard InChI is InChI=1S/C12H15N3O4/c1-19-12(18)9-4-2-8(3-5-9)11(17)10(16)6-7-14-15-13/h2-5,10-11,16-17H,6-7H2,1H3. The van der Waals surface area contributed by atoms with E-state index in [9.17, 15) is 15.0 Å². The summed E-state index contributed by atoms with van der Waals surface area (Å²) in [5.41, 5.74) is 8.95. The molecule has 102 valence electrons.